The number of carbonyl (C=O) groups excluding carboxylic acids is 6. The zero-order valence-corrected chi connectivity index (χ0v) is 43.6. The Morgan fingerprint density at radius 2 is 0.776 bits per heavy atom. The van der Waals surface area contributed by atoms with E-state index in [0.717, 1.165) is 46.6 Å². The molecule has 2 aliphatic rings. The van der Waals surface area contributed by atoms with Gasteiger partial charge in [-0.25, -0.2) is 0 Å². The summed E-state index contributed by atoms with van der Waals surface area (Å²) >= 11 is 8.45. The quantitative estimate of drug-likeness (QED) is 0.0435. The van der Waals surface area contributed by atoms with Crippen molar-refractivity contribution in [1.82, 2.24) is 9.80 Å². The molecule has 14 heteroatoms. The van der Waals surface area contributed by atoms with Gasteiger partial charge in [-0.05, 0) is 63.5 Å². The first-order valence-electron chi connectivity index (χ1n) is 21.2. The second-order valence-corrected chi connectivity index (χ2v) is 16.7. The first kappa shape index (κ1) is 59.5. The van der Waals surface area contributed by atoms with Crippen LogP contribution in [-0.4, -0.2) is 68.0 Å². The topological polar surface area (TPSA) is 155 Å². The molecule has 0 aromatic heterocycles. The number of amides is 4. The van der Waals surface area contributed by atoms with Crippen LogP contribution in [0.3, 0.4) is 0 Å². The molecule has 0 aromatic carbocycles. The van der Waals surface area contributed by atoms with Crippen molar-refractivity contribution in [1.29, 1.82) is 0 Å². The summed E-state index contributed by atoms with van der Waals surface area (Å²) in [5, 5.41) is 24.3. The minimum Gasteiger partial charge on any atom is -0.547 e. The average molecular weight is 867 g/mol. The number of thiol groups is 2. The third kappa shape index (κ3) is 15.9. The maximum atomic E-state index is 12.3. The molecule has 0 saturated carbocycles. The van der Waals surface area contributed by atoms with E-state index < -0.39 is 46.6 Å². The fourth-order valence-electron chi connectivity index (χ4n) is 7.98. The SMILES string of the molecule is CCCCCCCCCC(C)C(C)=C(C)[C@](CS)(C(=O)[O-])N1C(=O)CCC1=O.CCCCCCCCCC(C)C(C)=C(C)[C@](CS)(C(=O)[O-])N1C(=O)CCC1=O.[Na+].[Na+]. The molecule has 4 amide bonds. The first-order valence-corrected chi connectivity index (χ1v) is 22.5. The van der Waals surface area contributed by atoms with Crippen molar-refractivity contribution in [2.45, 2.75) is 195 Å². The zero-order valence-electron chi connectivity index (χ0n) is 37.8. The Bertz CT molecular complexity index is 1290. The summed E-state index contributed by atoms with van der Waals surface area (Å²) in [6, 6.07) is 0. The van der Waals surface area contributed by atoms with Crippen LogP contribution in [0, 0.1) is 11.8 Å². The van der Waals surface area contributed by atoms with E-state index in [1.54, 1.807) is 13.8 Å². The number of imide groups is 2. The predicted molar refractivity (Wildman–Crippen MR) is 226 cm³/mol. The number of rotatable bonds is 26. The number of carboxylic acid groups (broad SMARTS) is 2. The fourth-order valence-corrected chi connectivity index (χ4v) is 8.99. The molecule has 2 aliphatic heterocycles. The van der Waals surface area contributed by atoms with E-state index in [1.807, 2.05) is 13.8 Å². The van der Waals surface area contributed by atoms with E-state index in [4.69, 9.17) is 0 Å². The normalized spacial score (nSPS) is 18.2. The van der Waals surface area contributed by atoms with Gasteiger partial charge in [0.1, 0.15) is 11.1 Å². The van der Waals surface area contributed by atoms with Gasteiger partial charge in [-0.2, -0.15) is 25.3 Å². The molecule has 2 saturated heterocycles. The molecule has 0 radical (unpaired) electrons. The second-order valence-electron chi connectivity index (χ2n) is 16.1. The van der Waals surface area contributed by atoms with Crippen LogP contribution in [0.15, 0.2) is 22.3 Å². The largest absolute Gasteiger partial charge is 1.00 e. The Balaban J connectivity index is 0. The van der Waals surface area contributed by atoms with Crippen molar-refractivity contribution < 1.29 is 98.1 Å². The van der Waals surface area contributed by atoms with Crippen LogP contribution in [0.25, 0.3) is 0 Å². The molecule has 2 fully saturated rings. The molecule has 0 aromatic rings. The molecular formula is C44H72N2Na2O8S2. The summed E-state index contributed by atoms with van der Waals surface area (Å²) in [6.07, 6.45) is 19.2. The van der Waals surface area contributed by atoms with Crippen LogP contribution in [0.2, 0.25) is 0 Å². The van der Waals surface area contributed by atoms with E-state index in [2.05, 4.69) is 53.0 Å². The van der Waals surface area contributed by atoms with Gasteiger partial charge in [0.05, 0.1) is 11.9 Å². The van der Waals surface area contributed by atoms with Gasteiger partial charge in [-0.1, -0.05) is 129 Å². The number of hydrogen-bond acceptors (Lipinski definition) is 10. The van der Waals surface area contributed by atoms with Gasteiger partial charge in [-0.3, -0.25) is 29.0 Å². The van der Waals surface area contributed by atoms with E-state index in [-0.39, 0.29) is 108 Å². The molecule has 0 spiro atoms. The van der Waals surface area contributed by atoms with Gasteiger partial charge in [0.25, 0.3) is 0 Å². The zero-order chi connectivity index (χ0) is 42.6. The van der Waals surface area contributed by atoms with Crippen molar-refractivity contribution in [3.63, 3.8) is 0 Å². The third-order valence-corrected chi connectivity index (χ3v) is 13.3. The van der Waals surface area contributed by atoms with Crippen LogP contribution >= 0.6 is 25.3 Å². The van der Waals surface area contributed by atoms with Crippen molar-refractivity contribution in [2.75, 3.05) is 11.5 Å². The van der Waals surface area contributed by atoms with Crippen molar-refractivity contribution in [2.24, 2.45) is 11.8 Å². The Kier molecular flexibility index (Phi) is 31.2. The smallest absolute Gasteiger partial charge is 0.547 e. The van der Waals surface area contributed by atoms with Crippen LogP contribution in [0.4, 0.5) is 0 Å². The molecule has 0 aliphatic carbocycles. The van der Waals surface area contributed by atoms with E-state index in [1.165, 1.54) is 77.0 Å². The van der Waals surface area contributed by atoms with Gasteiger partial charge in [0.15, 0.2) is 0 Å². The fraction of sp³-hybridized carbons (Fsp3) is 0.773. The number of unbranched alkanes of at least 4 members (excludes halogenated alkanes) is 12. The second kappa shape index (κ2) is 30.4. The summed E-state index contributed by atoms with van der Waals surface area (Å²) < 4.78 is 0. The van der Waals surface area contributed by atoms with Crippen LogP contribution in [0.1, 0.15) is 184 Å². The molecule has 0 N–H and O–H groups in total. The summed E-state index contributed by atoms with van der Waals surface area (Å²) in [5.74, 6) is -4.75. The molecule has 4 atom stereocenters. The van der Waals surface area contributed by atoms with Crippen LogP contribution in [0.5, 0.6) is 0 Å². The number of hydrogen-bond donors (Lipinski definition) is 2. The van der Waals surface area contributed by atoms with Gasteiger partial charge in [-0.15, -0.1) is 0 Å². The molecule has 2 heterocycles. The number of likely N-dealkylation sites (tertiary alicyclic amines) is 2. The Hall–Kier alpha value is -0.600. The van der Waals surface area contributed by atoms with Crippen molar-refractivity contribution in [3.05, 3.63) is 22.3 Å². The Labute approximate surface area is 405 Å². The third-order valence-electron chi connectivity index (χ3n) is 12.4. The van der Waals surface area contributed by atoms with Crippen LogP contribution < -0.4 is 69.3 Å². The van der Waals surface area contributed by atoms with Gasteiger partial charge < -0.3 is 19.8 Å². The molecule has 2 rings (SSSR count). The molecule has 0 bridgehead atoms. The number of carboxylic acids is 2. The van der Waals surface area contributed by atoms with E-state index in [9.17, 15) is 39.0 Å². The van der Waals surface area contributed by atoms with Crippen LogP contribution in [-0.2, 0) is 28.8 Å². The summed E-state index contributed by atoms with van der Waals surface area (Å²) in [7, 11) is 0. The number of carbonyl (C=O) groups is 6. The number of allylic oxidation sites excluding steroid dienone is 2. The minimum atomic E-state index is -1.80. The predicted octanol–water partition coefficient (Wildman–Crippen LogP) is 1.34. The maximum Gasteiger partial charge on any atom is 1.00 e. The Morgan fingerprint density at radius 1 is 0.534 bits per heavy atom. The van der Waals surface area contributed by atoms with Gasteiger partial charge in [0.2, 0.25) is 23.6 Å². The molecular weight excluding hydrogens is 795 g/mol. The summed E-state index contributed by atoms with van der Waals surface area (Å²) in [6.45, 7) is 15.7. The Morgan fingerprint density at radius 3 is 1.00 bits per heavy atom. The van der Waals surface area contributed by atoms with E-state index in [0.29, 0.717) is 11.1 Å². The number of aliphatic carboxylic acids is 2. The number of nitrogens with zero attached hydrogens (tertiary/aromatic N) is 2. The van der Waals surface area contributed by atoms with Crippen molar-refractivity contribution >= 4 is 60.8 Å². The molecule has 2 unspecified atom stereocenters. The van der Waals surface area contributed by atoms with Gasteiger partial charge >= 0.3 is 59.1 Å². The summed E-state index contributed by atoms with van der Waals surface area (Å²) in [5.41, 5.74) is -0.796. The minimum absolute atomic E-state index is 0. The molecule has 58 heavy (non-hydrogen) atoms. The monoisotopic (exact) mass is 866 g/mol. The van der Waals surface area contributed by atoms with Gasteiger partial charge in [0, 0.05) is 37.2 Å². The first-order chi connectivity index (χ1) is 26.5. The van der Waals surface area contributed by atoms with Crippen molar-refractivity contribution in [3.8, 4) is 0 Å². The summed E-state index contributed by atoms with van der Waals surface area (Å²) in [4.78, 5) is 75.1. The molecule has 320 valence electrons. The van der Waals surface area contributed by atoms with E-state index >= 15 is 0 Å². The average Bonchev–Trinajstić information content (AvgIpc) is 3.69. The standard InChI is InChI=1S/2C22H37NO4S.2Na/c2*1-5-6-7-8-9-10-11-12-16(2)17(3)18(4)22(15-28,21(26)27)23-19(24)13-14-20(23)25;;/h2*16,28H,5-15H2,1-4H3,(H,26,27);;/q;;2*+1/p-2/t2*16?,22-;;/m11../s1. The maximum absolute atomic E-state index is 12.3. The molecule has 10 nitrogen and oxygen atoms in total.